The predicted molar refractivity (Wildman–Crippen MR) is 97.0 cm³/mol. The zero-order valence-corrected chi connectivity index (χ0v) is 13.6. The molecule has 2 aromatic rings. The highest BCUT2D eigenvalue weighted by Crippen LogP contribution is 2.36. The van der Waals surface area contributed by atoms with Crippen LogP contribution in [-0.4, -0.2) is 18.5 Å². The number of rotatable bonds is 2. The molecule has 0 unspecified atom stereocenters. The molecule has 4 rings (SSSR count). The number of hydrogen-bond donors (Lipinski definition) is 2. The lowest BCUT2D eigenvalue weighted by atomic mass is 10.00. The minimum absolute atomic E-state index is 0.140. The quantitative estimate of drug-likeness (QED) is 0.650. The lowest BCUT2D eigenvalue weighted by molar-refractivity contribution is -0.110. The molecule has 0 bridgehead atoms. The van der Waals surface area contributed by atoms with Crippen LogP contribution in [-0.2, 0) is 9.53 Å². The van der Waals surface area contributed by atoms with Crippen LogP contribution in [0.2, 0.25) is 0 Å². The van der Waals surface area contributed by atoms with E-state index in [-0.39, 0.29) is 11.9 Å². The molecule has 0 aromatic heterocycles. The largest absolute Gasteiger partial charge is 0.462 e. The van der Waals surface area contributed by atoms with Crippen LogP contribution in [0, 0.1) is 0 Å². The second-order valence-electron chi connectivity index (χ2n) is 5.77. The molecular weight excluding hydrogens is 316 g/mol. The van der Waals surface area contributed by atoms with Crippen LogP contribution in [0.4, 0.5) is 11.4 Å². The number of amides is 1. The number of hydrogen-bond acceptors (Lipinski definition) is 4. The summed E-state index contributed by atoms with van der Waals surface area (Å²) >= 11 is 0. The number of carbonyl (C=O) groups excluding carboxylic acids is 2. The average molecular weight is 332 g/mol. The SMILES string of the molecule is CCOC(=O)c1ccc2c(c1)NC(=C1C(=O)Nc3ccccc31)C=C2. The van der Waals surface area contributed by atoms with Gasteiger partial charge in [0.15, 0.2) is 0 Å². The third-order valence-corrected chi connectivity index (χ3v) is 4.20. The van der Waals surface area contributed by atoms with Gasteiger partial charge in [-0.15, -0.1) is 0 Å². The van der Waals surface area contributed by atoms with Gasteiger partial charge in [0.2, 0.25) is 0 Å². The van der Waals surface area contributed by atoms with E-state index in [2.05, 4.69) is 10.6 Å². The fourth-order valence-electron chi connectivity index (χ4n) is 3.04. The van der Waals surface area contributed by atoms with Crippen LogP contribution in [0.1, 0.15) is 28.4 Å². The number of nitrogens with one attached hydrogen (secondary N) is 2. The smallest absolute Gasteiger partial charge is 0.338 e. The van der Waals surface area contributed by atoms with Crippen LogP contribution in [0.15, 0.2) is 54.2 Å². The van der Waals surface area contributed by atoms with Crippen molar-refractivity contribution < 1.29 is 14.3 Å². The highest BCUT2D eigenvalue weighted by Gasteiger charge is 2.27. The summed E-state index contributed by atoms with van der Waals surface area (Å²) in [5.74, 6) is -0.502. The molecule has 0 atom stereocenters. The van der Waals surface area contributed by atoms with E-state index in [4.69, 9.17) is 4.74 Å². The zero-order chi connectivity index (χ0) is 17.4. The Bertz CT molecular complexity index is 957. The number of benzene rings is 2. The first kappa shape index (κ1) is 15.2. The Morgan fingerprint density at radius 3 is 2.72 bits per heavy atom. The van der Waals surface area contributed by atoms with E-state index in [0.717, 1.165) is 22.5 Å². The molecule has 0 spiro atoms. The van der Waals surface area contributed by atoms with Gasteiger partial charge in [0.25, 0.3) is 5.91 Å². The van der Waals surface area contributed by atoms with E-state index < -0.39 is 0 Å². The van der Waals surface area contributed by atoms with Crippen molar-refractivity contribution in [2.75, 3.05) is 17.2 Å². The first-order valence-electron chi connectivity index (χ1n) is 8.08. The van der Waals surface area contributed by atoms with Crippen LogP contribution >= 0.6 is 0 Å². The van der Waals surface area contributed by atoms with Gasteiger partial charge in [-0.1, -0.05) is 30.3 Å². The molecule has 2 N–H and O–H groups in total. The minimum atomic E-state index is -0.361. The van der Waals surface area contributed by atoms with Gasteiger partial charge < -0.3 is 15.4 Å². The number of para-hydroxylation sites is 1. The second kappa shape index (κ2) is 5.94. The van der Waals surface area contributed by atoms with Crippen molar-refractivity contribution in [3.8, 4) is 0 Å². The topological polar surface area (TPSA) is 67.4 Å². The summed E-state index contributed by atoms with van der Waals surface area (Å²) in [6.07, 6.45) is 3.81. The Labute approximate surface area is 145 Å². The summed E-state index contributed by atoms with van der Waals surface area (Å²) in [4.78, 5) is 24.3. The summed E-state index contributed by atoms with van der Waals surface area (Å²) in [7, 11) is 0. The molecule has 2 aliphatic heterocycles. The minimum Gasteiger partial charge on any atom is -0.462 e. The molecule has 5 nitrogen and oxygen atoms in total. The van der Waals surface area contributed by atoms with Crippen molar-refractivity contribution in [1.29, 1.82) is 0 Å². The third-order valence-electron chi connectivity index (χ3n) is 4.20. The van der Waals surface area contributed by atoms with E-state index in [1.54, 1.807) is 19.1 Å². The number of ether oxygens (including phenoxy) is 1. The second-order valence-corrected chi connectivity index (χ2v) is 5.77. The Morgan fingerprint density at radius 2 is 1.88 bits per heavy atom. The third kappa shape index (κ3) is 2.59. The molecule has 2 heterocycles. The first-order chi connectivity index (χ1) is 12.2. The molecule has 1 amide bonds. The Balaban J connectivity index is 1.75. The van der Waals surface area contributed by atoms with Crippen molar-refractivity contribution in [2.45, 2.75) is 6.92 Å². The lowest BCUT2D eigenvalue weighted by Crippen LogP contribution is -2.12. The van der Waals surface area contributed by atoms with E-state index in [9.17, 15) is 9.59 Å². The van der Waals surface area contributed by atoms with Gasteiger partial charge in [-0.05, 0) is 36.8 Å². The summed E-state index contributed by atoms with van der Waals surface area (Å²) in [6, 6.07) is 12.9. The maximum absolute atomic E-state index is 12.4. The number of carbonyl (C=O) groups is 2. The summed E-state index contributed by atoms with van der Waals surface area (Å²) < 4.78 is 5.05. The fraction of sp³-hybridized carbons (Fsp3) is 0.100. The van der Waals surface area contributed by atoms with Crippen molar-refractivity contribution in [3.63, 3.8) is 0 Å². The van der Waals surface area contributed by atoms with Crippen molar-refractivity contribution in [3.05, 3.63) is 70.9 Å². The number of esters is 1. The highest BCUT2D eigenvalue weighted by atomic mass is 16.5. The first-order valence-corrected chi connectivity index (χ1v) is 8.08. The molecule has 5 heteroatoms. The number of fused-ring (bicyclic) bond motifs is 2. The van der Waals surface area contributed by atoms with Gasteiger partial charge in [-0.2, -0.15) is 0 Å². The molecular formula is C20H16N2O3. The molecule has 0 fully saturated rings. The summed E-state index contributed by atoms with van der Waals surface area (Å²) in [5.41, 5.74) is 5.16. The molecule has 0 saturated carbocycles. The normalized spacial score (nSPS) is 17.4. The Kier molecular flexibility index (Phi) is 3.61. The van der Waals surface area contributed by atoms with Gasteiger partial charge in [-0.25, -0.2) is 4.79 Å². The van der Waals surface area contributed by atoms with Gasteiger partial charge in [0.05, 0.1) is 23.4 Å². The summed E-state index contributed by atoms with van der Waals surface area (Å²) in [5, 5.41) is 6.14. The molecule has 0 saturated heterocycles. The van der Waals surface area contributed by atoms with Gasteiger partial charge in [0, 0.05) is 16.9 Å². The van der Waals surface area contributed by atoms with Crippen molar-refractivity contribution >= 4 is 34.9 Å². The van der Waals surface area contributed by atoms with Crippen LogP contribution in [0.3, 0.4) is 0 Å². The molecule has 124 valence electrons. The fourth-order valence-corrected chi connectivity index (χ4v) is 3.04. The maximum atomic E-state index is 12.4. The molecule has 0 radical (unpaired) electrons. The van der Waals surface area contributed by atoms with Gasteiger partial charge in [0.1, 0.15) is 0 Å². The molecule has 25 heavy (non-hydrogen) atoms. The molecule has 0 aliphatic carbocycles. The van der Waals surface area contributed by atoms with E-state index in [1.165, 1.54) is 0 Å². The Hall–Kier alpha value is -3.34. The van der Waals surface area contributed by atoms with E-state index in [1.807, 2.05) is 42.5 Å². The average Bonchev–Trinajstić information content (AvgIpc) is 2.96. The van der Waals surface area contributed by atoms with Crippen LogP contribution in [0.25, 0.3) is 11.6 Å². The molecule has 2 aromatic carbocycles. The standard InChI is InChI=1S/C20H16N2O3/c1-2-25-20(24)13-8-7-12-9-10-16(21-17(12)11-13)18-14-5-3-4-6-15(14)22-19(18)23/h3-11,21H,2H2,1H3,(H,22,23). The maximum Gasteiger partial charge on any atom is 0.338 e. The number of anilines is 2. The zero-order valence-electron chi connectivity index (χ0n) is 13.6. The monoisotopic (exact) mass is 332 g/mol. The van der Waals surface area contributed by atoms with E-state index in [0.29, 0.717) is 23.4 Å². The molecule has 2 aliphatic rings. The number of allylic oxidation sites excluding steroid dienone is 1. The van der Waals surface area contributed by atoms with Crippen molar-refractivity contribution in [1.82, 2.24) is 0 Å². The highest BCUT2D eigenvalue weighted by molar-refractivity contribution is 6.33. The van der Waals surface area contributed by atoms with Crippen LogP contribution in [0.5, 0.6) is 0 Å². The van der Waals surface area contributed by atoms with Gasteiger partial charge >= 0.3 is 5.97 Å². The van der Waals surface area contributed by atoms with E-state index >= 15 is 0 Å². The van der Waals surface area contributed by atoms with Crippen molar-refractivity contribution in [2.24, 2.45) is 0 Å². The lowest BCUT2D eigenvalue weighted by Gasteiger charge is -2.18. The Morgan fingerprint density at radius 1 is 1.04 bits per heavy atom. The van der Waals surface area contributed by atoms with Crippen LogP contribution < -0.4 is 10.6 Å². The van der Waals surface area contributed by atoms with Gasteiger partial charge in [-0.3, -0.25) is 4.79 Å². The predicted octanol–water partition coefficient (Wildman–Crippen LogP) is 3.67. The summed E-state index contributed by atoms with van der Waals surface area (Å²) in [6.45, 7) is 2.10.